The van der Waals surface area contributed by atoms with Crippen molar-refractivity contribution in [3.05, 3.63) is 0 Å². The average Bonchev–Trinajstić information content (AvgIpc) is 2.35. The van der Waals surface area contributed by atoms with Crippen LogP contribution < -0.4 is 0 Å². The first-order valence-electron chi connectivity index (χ1n) is 7.88. The van der Waals surface area contributed by atoms with Crippen LogP contribution in [0.2, 0.25) is 12.0 Å². The summed E-state index contributed by atoms with van der Waals surface area (Å²) in [7, 11) is 4.49. The minimum absolute atomic E-state index is 1.05. The Morgan fingerprint density at radius 3 is 1.50 bits per heavy atom. The van der Waals surface area contributed by atoms with Gasteiger partial charge < -0.3 is 0 Å². The second-order valence-electron chi connectivity index (χ2n) is 6.08. The number of rotatable bonds is 11. The van der Waals surface area contributed by atoms with Crippen molar-refractivity contribution in [3.8, 4) is 0 Å². The normalized spacial score (nSPS) is 11.8. The Morgan fingerprint density at radius 2 is 1.22 bits per heavy atom. The molecule has 0 aliphatic heterocycles. The van der Waals surface area contributed by atoms with Crippen LogP contribution in [0, 0.1) is 0 Å². The molecule has 0 aliphatic carbocycles. The van der Waals surface area contributed by atoms with E-state index < -0.39 is 21.4 Å². The van der Waals surface area contributed by atoms with Crippen molar-refractivity contribution in [2.75, 3.05) is 40.3 Å². The molecule has 0 N–H and O–H groups in total. The molecule has 0 unspecified atom stereocenters. The molecular formula is C15H35InN2. The van der Waals surface area contributed by atoms with Gasteiger partial charge in [-0.2, -0.15) is 0 Å². The van der Waals surface area contributed by atoms with Gasteiger partial charge in [-0.15, -0.1) is 0 Å². The molecule has 0 aromatic rings. The molecule has 0 saturated carbocycles. The number of hydrogen-bond donors (Lipinski definition) is 0. The summed E-state index contributed by atoms with van der Waals surface area (Å²) < 4.78 is 4.27. The molecule has 0 rings (SSSR count). The van der Waals surface area contributed by atoms with Crippen LogP contribution in [-0.2, 0) is 0 Å². The van der Waals surface area contributed by atoms with Gasteiger partial charge in [-0.1, -0.05) is 0 Å². The van der Waals surface area contributed by atoms with Gasteiger partial charge in [0.1, 0.15) is 0 Å². The van der Waals surface area contributed by atoms with E-state index >= 15 is 0 Å². The van der Waals surface area contributed by atoms with Crippen LogP contribution >= 0.6 is 0 Å². The van der Waals surface area contributed by atoms with E-state index in [9.17, 15) is 0 Å². The monoisotopic (exact) mass is 358 g/mol. The van der Waals surface area contributed by atoms with Gasteiger partial charge in [0.25, 0.3) is 0 Å². The standard InChI is InChI=1S/2C6H14N.C3H7.In/c2*1-4-6-7(3)5-2;1-3-2;/h2*1,4-6H2,2-3H3;3H,1-2H3;. The maximum atomic E-state index is 2.48. The first-order chi connectivity index (χ1) is 8.51. The van der Waals surface area contributed by atoms with Gasteiger partial charge in [0.05, 0.1) is 0 Å². The second kappa shape index (κ2) is 11.6. The van der Waals surface area contributed by atoms with Crippen molar-refractivity contribution >= 4 is 21.4 Å². The molecule has 0 aromatic carbocycles. The summed E-state index contributed by atoms with van der Waals surface area (Å²) in [6.45, 7) is 14.5. The van der Waals surface area contributed by atoms with Crippen LogP contribution in [-0.4, -0.2) is 71.5 Å². The molecule has 0 bridgehead atoms. The van der Waals surface area contributed by atoms with Crippen molar-refractivity contribution in [2.24, 2.45) is 0 Å². The molecule has 0 spiro atoms. The van der Waals surface area contributed by atoms with Crippen molar-refractivity contribution in [2.45, 2.75) is 52.6 Å². The van der Waals surface area contributed by atoms with Gasteiger partial charge in [-0.25, -0.2) is 0 Å². The second-order valence-corrected chi connectivity index (χ2v) is 17.5. The molecule has 0 amide bonds. The quantitative estimate of drug-likeness (QED) is 0.557. The molecule has 0 aromatic heterocycles. The third kappa shape index (κ3) is 9.69. The van der Waals surface area contributed by atoms with Crippen molar-refractivity contribution in [1.82, 2.24) is 9.80 Å². The Hall–Kier alpha value is 0.790. The molecule has 0 atom stereocenters. The Morgan fingerprint density at radius 1 is 0.833 bits per heavy atom. The first-order valence-corrected chi connectivity index (χ1v) is 14.4. The average molecular weight is 358 g/mol. The molecule has 108 valence electrons. The van der Waals surface area contributed by atoms with E-state index in [2.05, 4.69) is 51.6 Å². The van der Waals surface area contributed by atoms with Gasteiger partial charge in [0, 0.05) is 0 Å². The molecule has 0 heterocycles. The fourth-order valence-corrected chi connectivity index (χ4v) is 11.0. The Balaban J connectivity index is 3.79. The predicted octanol–water partition coefficient (Wildman–Crippen LogP) is 3.57. The van der Waals surface area contributed by atoms with E-state index in [4.69, 9.17) is 0 Å². The third-order valence-corrected chi connectivity index (χ3v) is 16.2. The van der Waals surface area contributed by atoms with E-state index in [0.717, 1.165) is 3.67 Å². The number of nitrogens with zero attached hydrogens (tertiary/aromatic N) is 2. The summed E-state index contributed by atoms with van der Waals surface area (Å²) in [4.78, 5) is 4.90. The van der Waals surface area contributed by atoms with E-state index in [-0.39, 0.29) is 0 Å². The fraction of sp³-hybridized carbons (Fsp3) is 1.00. The maximum absolute atomic E-state index is 2.48. The summed E-state index contributed by atoms with van der Waals surface area (Å²) in [5.74, 6) is 0. The van der Waals surface area contributed by atoms with Gasteiger partial charge >= 0.3 is 124 Å². The molecule has 2 nitrogen and oxygen atoms in total. The molecular weight excluding hydrogens is 323 g/mol. The minimum atomic E-state index is -1.23. The van der Waals surface area contributed by atoms with E-state index in [0.29, 0.717) is 0 Å². The van der Waals surface area contributed by atoms with Crippen LogP contribution in [0.25, 0.3) is 0 Å². The predicted molar refractivity (Wildman–Crippen MR) is 86.0 cm³/mol. The topological polar surface area (TPSA) is 6.48 Å². The summed E-state index contributed by atoms with van der Waals surface area (Å²) in [6, 6.07) is 0. The van der Waals surface area contributed by atoms with Crippen LogP contribution in [0.3, 0.4) is 0 Å². The molecule has 3 heteroatoms. The molecule has 0 fully saturated rings. The van der Waals surface area contributed by atoms with Gasteiger partial charge in [0.2, 0.25) is 0 Å². The summed E-state index contributed by atoms with van der Waals surface area (Å²) >= 11 is -1.23. The Bertz CT molecular complexity index is 169. The molecule has 18 heavy (non-hydrogen) atoms. The fourth-order valence-electron chi connectivity index (χ4n) is 2.37. The van der Waals surface area contributed by atoms with Crippen molar-refractivity contribution < 1.29 is 0 Å². The first kappa shape index (κ1) is 18.8. The van der Waals surface area contributed by atoms with Crippen molar-refractivity contribution in [3.63, 3.8) is 0 Å². The summed E-state index contributed by atoms with van der Waals surface area (Å²) in [5, 5.41) is 0. The SMILES string of the molecule is CCN(C)CC[CH2][In]([CH2]CCN(C)CC)[CH](C)C. The zero-order valence-corrected chi connectivity index (χ0v) is 17.0. The Labute approximate surface area is 124 Å². The molecule has 0 radical (unpaired) electrons. The summed E-state index contributed by atoms with van der Waals surface area (Å²) in [6.07, 6.45) is 2.90. The molecule has 0 aliphatic rings. The van der Waals surface area contributed by atoms with E-state index in [1.165, 1.54) is 39.0 Å². The van der Waals surface area contributed by atoms with Gasteiger partial charge in [-0.05, 0) is 0 Å². The van der Waals surface area contributed by atoms with Crippen LogP contribution in [0.5, 0.6) is 0 Å². The van der Waals surface area contributed by atoms with Crippen LogP contribution in [0.4, 0.5) is 0 Å². The van der Waals surface area contributed by atoms with E-state index in [1.807, 2.05) is 0 Å². The van der Waals surface area contributed by atoms with Crippen LogP contribution in [0.15, 0.2) is 0 Å². The molecule has 0 saturated heterocycles. The zero-order chi connectivity index (χ0) is 14.0. The summed E-state index contributed by atoms with van der Waals surface area (Å²) in [5.41, 5.74) is 0. The van der Waals surface area contributed by atoms with Crippen LogP contribution in [0.1, 0.15) is 40.5 Å². The van der Waals surface area contributed by atoms with Gasteiger partial charge in [-0.3, -0.25) is 0 Å². The van der Waals surface area contributed by atoms with Gasteiger partial charge in [0.15, 0.2) is 0 Å². The Kier molecular flexibility index (Phi) is 12.1. The van der Waals surface area contributed by atoms with Crippen molar-refractivity contribution in [1.29, 1.82) is 0 Å². The zero-order valence-electron chi connectivity index (χ0n) is 13.7. The third-order valence-electron chi connectivity index (χ3n) is 4.25. The number of hydrogen-bond acceptors (Lipinski definition) is 2. The van der Waals surface area contributed by atoms with E-state index in [1.54, 1.807) is 8.35 Å².